The third-order valence-electron chi connectivity index (χ3n) is 4.41. The fraction of sp³-hybridized carbons (Fsp3) is 0.625. The summed E-state index contributed by atoms with van der Waals surface area (Å²) in [6.07, 6.45) is 1.38. The number of nitrogens with zero attached hydrogens (tertiary/aromatic N) is 2. The van der Waals surface area contributed by atoms with Gasteiger partial charge in [0.1, 0.15) is 0 Å². The lowest BCUT2D eigenvalue weighted by Gasteiger charge is -2.57. The maximum absolute atomic E-state index is 2.62. The van der Waals surface area contributed by atoms with E-state index in [0.717, 1.165) is 12.1 Å². The minimum absolute atomic E-state index is 0.254. The molecule has 2 nitrogen and oxygen atoms in total. The molecule has 0 amide bonds. The molecule has 1 aromatic carbocycles. The quantitative estimate of drug-likeness (QED) is 0.749. The number of piperazine rings is 1. The van der Waals surface area contributed by atoms with Crippen LogP contribution in [0.25, 0.3) is 0 Å². The molecule has 2 heteroatoms. The molecule has 98 valence electrons. The molecule has 1 aromatic rings. The zero-order valence-corrected chi connectivity index (χ0v) is 12.0. The lowest BCUT2D eigenvalue weighted by molar-refractivity contribution is 0.140. The van der Waals surface area contributed by atoms with Crippen molar-refractivity contribution in [2.75, 3.05) is 25.0 Å². The summed E-state index contributed by atoms with van der Waals surface area (Å²) in [7, 11) is 2.24. The van der Waals surface area contributed by atoms with Gasteiger partial charge in [0, 0.05) is 30.9 Å². The van der Waals surface area contributed by atoms with Crippen LogP contribution < -0.4 is 4.90 Å². The van der Waals surface area contributed by atoms with E-state index in [1.165, 1.54) is 30.8 Å². The summed E-state index contributed by atoms with van der Waals surface area (Å²) in [4.78, 5) is 5.07. The van der Waals surface area contributed by atoms with E-state index < -0.39 is 0 Å². The molecule has 3 fully saturated rings. The molecular weight excluding hydrogens is 220 g/mol. The third kappa shape index (κ3) is 1.93. The van der Waals surface area contributed by atoms with Crippen molar-refractivity contribution in [1.29, 1.82) is 0 Å². The maximum atomic E-state index is 2.62. The fourth-order valence-corrected chi connectivity index (χ4v) is 3.38. The molecule has 0 unspecified atom stereocenters. The number of benzene rings is 1. The molecular formula is C16H24N2. The van der Waals surface area contributed by atoms with Gasteiger partial charge in [-0.2, -0.15) is 0 Å². The van der Waals surface area contributed by atoms with Crippen molar-refractivity contribution in [3.05, 3.63) is 29.8 Å². The van der Waals surface area contributed by atoms with Gasteiger partial charge in [-0.05, 0) is 36.6 Å². The number of hydrogen-bond donors (Lipinski definition) is 0. The highest BCUT2D eigenvalue weighted by Gasteiger charge is 2.43. The second-order valence-corrected chi connectivity index (χ2v) is 6.97. The standard InChI is InChI=1S/C16H24N2/c1-16(2,3)12-5-7-13(8-6-12)18-14-9-15(18)11-17(4)10-14/h5-8,14-15H,9-11H2,1-4H3/t14-,15+. The first kappa shape index (κ1) is 12.0. The molecule has 0 saturated carbocycles. The molecule has 2 bridgehead atoms. The summed E-state index contributed by atoms with van der Waals surface area (Å²) in [6.45, 7) is 9.26. The van der Waals surface area contributed by atoms with Gasteiger partial charge >= 0.3 is 0 Å². The van der Waals surface area contributed by atoms with Crippen molar-refractivity contribution >= 4 is 5.69 Å². The van der Waals surface area contributed by atoms with Crippen LogP contribution in [-0.2, 0) is 5.41 Å². The topological polar surface area (TPSA) is 6.48 Å². The van der Waals surface area contributed by atoms with E-state index >= 15 is 0 Å². The van der Waals surface area contributed by atoms with Gasteiger partial charge in [0.2, 0.25) is 0 Å². The summed E-state index contributed by atoms with van der Waals surface area (Å²) in [5.41, 5.74) is 3.09. The highest BCUT2D eigenvalue weighted by atomic mass is 15.3. The van der Waals surface area contributed by atoms with Crippen molar-refractivity contribution in [2.45, 2.75) is 44.7 Å². The van der Waals surface area contributed by atoms with Crippen molar-refractivity contribution in [2.24, 2.45) is 0 Å². The molecule has 3 saturated heterocycles. The Morgan fingerprint density at radius 2 is 1.56 bits per heavy atom. The molecule has 4 rings (SSSR count). The van der Waals surface area contributed by atoms with E-state index in [0.29, 0.717) is 0 Å². The molecule has 0 spiro atoms. The summed E-state index contributed by atoms with van der Waals surface area (Å²) < 4.78 is 0. The van der Waals surface area contributed by atoms with E-state index in [1.807, 2.05) is 0 Å². The lowest BCUT2D eigenvalue weighted by Crippen LogP contribution is -2.68. The number of piperidine rings is 1. The normalized spacial score (nSPS) is 28.1. The Bertz CT molecular complexity index is 417. The number of fused-ring (bicyclic) bond motifs is 2. The Balaban J connectivity index is 1.79. The van der Waals surface area contributed by atoms with Crippen LogP contribution in [0.1, 0.15) is 32.8 Å². The molecule has 0 aliphatic carbocycles. The SMILES string of the molecule is CN1C[C@H]2C[C@@H](C1)N2c1ccc(C(C)(C)C)cc1. The zero-order valence-electron chi connectivity index (χ0n) is 12.0. The highest BCUT2D eigenvalue weighted by molar-refractivity contribution is 5.54. The van der Waals surface area contributed by atoms with E-state index in [2.05, 4.69) is 61.9 Å². The van der Waals surface area contributed by atoms with Gasteiger partial charge in [-0.15, -0.1) is 0 Å². The Labute approximate surface area is 111 Å². The Morgan fingerprint density at radius 1 is 1.00 bits per heavy atom. The maximum Gasteiger partial charge on any atom is 0.0440 e. The number of likely N-dealkylation sites (N-methyl/N-ethyl adjacent to an activating group) is 1. The van der Waals surface area contributed by atoms with Crippen molar-refractivity contribution < 1.29 is 0 Å². The van der Waals surface area contributed by atoms with Gasteiger partial charge in [-0.1, -0.05) is 32.9 Å². The average Bonchev–Trinajstić information content (AvgIpc) is 2.28. The highest BCUT2D eigenvalue weighted by Crippen LogP contribution is 2.37. The predicted octanol–water partition coefficient (Wildman–Crippen LogP) is 2.88. The van der Waals surface area contributed by atoms with Crippen LogP contribution in [0, 0.1) is 0 Å². The van der Waals surface area contributed by atoms with E-state index in [4.69, 9.17) is 0 Å². The first-order valence-electron chi connectivity index (χ1n) is 7.02. The van der Waals surface area contributed by atoms with Gasteiger partial charge in [-0.25, -0.2) is 0 Å². The summed E-state index contributed by atoms with van der Waals surface area (Å²) in [6, 6.07) is 10.7. The number of rotatable bonds is 1. The van der Waals surface area contributed by atoms with Gasteiger partial charge in [-0.3, -0.25) is 0 Å². The number of anilines is 1. The van der Waals surface area contributed by atoms with Crippen molar-refractivity contribution in [1.82, 2.24) is 4.90 Å². The summed E-state index contributed by atoms with van der Waals surface area (Å²) in [5, 5.41) is 0. The molecule has 0 aromatic heterocycles. The van der Waals surface area contributed by atoms with E-state index in [1.54, 1.807) is 0 Å². The van der Waals surface area contributed by atoms with Gasteiger partial charge in [0.15, 0.2) is 0 Å². The molecule has 0 radical (unpaired) electrons. The lowest BCUT2D eigenvalue weighted by atomic mass is 9.85. The van der Waals surface area contributed by atoms with Crippen LogP contribution in [-0.4, -0.2) is 37.1 Å². The third-order valence-corrected chi connectivity index (χ3v) is 4.41. The van der Waals surface area contributed by atoms with Crippen LogP contribution in [0.3, 0.4) is 0 Å². The van der Waals surface area contributed by atoms with Gasteiger partial charge in [0.05, 0.1) is 0 Å². The molecule has 18 heavy (non-hydrogen) atoms. The molecule has 2 atom stereocenters. The van der Waals surface area contributed by atoms with Crippen LogP contribution in [0.2, 0.25) is 0 Å². The first-order valence-corrected chi connectivity index (χ1v) is 7.02. The second-order valence-electron chi connectivity index (χ2n) is 6.97. The van der Waals surface area contributed by atoms with Crippen LogP contribution in [0.4, 0.5) is 5.69 Å². The van der Waals surface area contributed by atoms with Crippen molar-refractivity contribution in [3.8, 4) is 0 Å². The molecule has 0 N–H and O–H groups in total. The van der Waals surface area contributed by atoms with E-state index in [-0.39, 0.29) is 5.41 Å². The van der Waals surface area contributed by atoms with E-state index in [9.17, 15) is 0 Å². The second kappa shape index (κ2) is 3.99. The van der Waals surface area contributed by atoms with Crippen LogP contribution in [0.5, 0.6) is 0 Å². The number of hydrogen-bond acceptors (Lipinski definition) is 2. The molecule has 3 heterocycles. The molecule has 3 aliphatic heterocycles. The van der Waals surface area contributed by atoms with Crippen molar-refractivity contribution in [3.63, 3.8) is 0 Å². The summed E-state index contributed by atoms with van der Waals surface area (Å²) in [5.74, 6) is 0. The fourth-order valence-electron chi connectivity index (χ4n) is 3.38. The Kier molecular flexibility index (Phi) is 2.67. The first-order chi connectivity index (χ1) is 8.45. The predicted molar refractivity (Wildman–Crippen MR) is 77.3 cm³/mol. The molecule has 3 aliphatic rings. The van der Waals surface area contributed by atoms with Crippen LogP contribution in [0.15, 0.2) is 24.3 Å². The largest absolute Gasteiger partial charge is 0.363 e. The zero-order chi connectivity index (χ0) is 12.9. The Hall–Kier alpha value is -1.02. The van der Waals surface area contributed by atoms with Crippen LogP contribution >= 0.6 is 0 Å². The Morgan fingerprint density at radius 3 is 2.06 bits per heavy atom. The monoisotopic (exact) mass is 244 g/mol. The average molecular weight is 244 g/mol. The van der Waals surface area contributed by atoms with Gasteiger partial charge in [0.25, 0.3) is 0 Å². The summed E-state index contributed by atoms with van der Waals surface area (Å²) >= 11 is 0. The smallest absolute Gasteiger partial charge is 0.0440 e. The minimum atomic E-state index is 0.254. The minimum Gasteiger partial charge on any atom is -0.363 e. The van der Waals surface area contributed by atoms with Gasteiger partial charge < -0.3 is 9.80 Å².